The van der Waals surface area contributed by atoms with Crippen LogP contribution >= 0.6 is 0 Å². The molecule has 1 heteroatoms. The first kappa shape index (κ1) is 9.72. The first-order chi connectivity index (χ1) is 6.38. The predicted molar refractivity (Wildman–Crippen MR) is 56.6 cm³/mol. The maximum Gasteiger partial charge on any atom is 0.211 e. The van der Waals surface area contributed by atoms with E-state index in [1.54, 1.807) is 0 Å². The number of pyridine rings is 1. The lowest BCUT2D eigenvalue weighted by molar-refractivity contribution is -0.344. The van der Waals surface area contributed by atoms with Crippen LogP contribution in [0, 0.1) is 6.92 Å². The molecule has 2 rings (SSSR count). The number of hydrogen-bond donors (Lipinski definition) is 0. The van der Waals surface area contributed by atoms with E-state index in [1.165, 1.54) is 16.5 Å². The van der Waals surface area contributed by atoms with Gasteiger partial charge in [0.05, 0.1) is 0 Å². The lowest BCUT2D eigenvalue weighted by atomic mass is 10.1. The molecular weight excluding hydrogens is 158 g/mol. The van der Waals surface area contributed by atoms with Crippen molar-refractivity contribution in [2.45, 2.75) is 20.8 Å². The third-order valence-electron chi connectivity index (χ3n) is 1.92. The lowest BCUT2D eigenvalue weighted by Crippen LogP contribution is -2.01. The van der Waals surface area contributed by atoms with Gasteiger partial charge in [-0.2, -0.15) is 0 Å². The number of aromatic amines is 1. The zero-order valence-electron chi connectivity index (χ0n) is 8.46. The molecule has 0 saturated heterocycles. The van der Waals surface area contributed by atoms with Gasteiger partial charge in [-0.3, -0.25) is 0 Å². The number of nitrogens with one attached hydrogen (secondary N) is 1. The van der Waals surface area contributed by atoms with Crippen molar-refractivity contribution in [2.75, 3.05) is 0 Å². The Bertz CT molecular complexity index is 374. The van der Waals surface area contributed by atoms with Gasteiger partial charge >= 0.3 is 0 Å². The van der Waals surface area contributed by atoms with Crippen LogP contribution in [0.25, 0.3) is 10.9 Å². The fraction of sp³-hybridized carbons (Fsp3) is 0.250. The van der Waals surface area contributed by atoms with Gasteiger partial charge in [0.2, 0.25) is 5.52 Å². The largest absolute Gasteiger partial charge is 0.211 e. The summed E-state index contributed by atoms with van der Waals surface area (Å²) in [7, 11) is 0. The number of benzene rings is 1. The van der Waals surface area contributed by atoms with Crippen LogP contribution in [0.2, 0.25) is 0 Å². The second kappa shape index (κ2) is 4.61. The van der Waals surface area contributed by atoms with Crippen molar-refractivity contribution in [1.29, 1.82) is 0 Å². The summed E-state index contributed by atoms with van der Waals surface area (Å²) in [5.74, 6) is 0. The van der Waals surface area contributed by atoms with Crippen molar-refractivity contribution in [3.8, 4) is 0 Å². The van der Waals surface area contributed by atoms with Crippen LogP contribution in [0.3, 0.4) is 0 Å². The molecule has 0 saturated carbocycles. The summed E-state index contributed by atoms with van der Waals surface area (Å²) in [6.45, 7) is 6.12. The first-order valence-corrected chi connectivity index (χ1v) is 4.74. The van der Waals surface area contributed by atoms with Crippen molar-refractivity contribution < 1.29 is 4.98 Å². The average molecular weight is 174 g/mol. The topological polar surface area (TPSA) is 14.1 Å². The van der Waals surface area contributed by atoms with E-state index in [2.05, 4.69) is 36.2 Å². The maximum absolute atomic E-state index is 3.19. The van der Waals surface area contributed by atoms with Crippen molar-refractivity contribution in [2.24, 2.45) is 0 Å². The fourth-order valence-corrected chi connectivity index (χ4v) is 1.30. The average Bonchev–Trinajstić information content (AvgIpc) is 2.22. The van der Waals surface area contributed by atoms with Gasteiger partial charge in [-0.05, 0) is 18.6 Å². The molecule has 0 aliphatic rings. The summed E-state index contributed by atoms with van der Waals surface area (Å²) in [6, 6.07) is 10.4. The highest BCUT2D eigenvalue weighted by Gasteiger charge is 1.98. The minimum atomic E-state index is 1.20. The quantitative estimate of drug-likeness (QED) is 0.583. The molecule has 1 N–H and O–H groups in total. The molecule has 1 aromatic carbocycles. The van der Waals surface area contributed by atoms with E-state index in [0.29, 0.717) is 0 Å². The van der Waals surface area contributed by atoms with Gasteiger partial charge in [0.1, 0.15) is 0 Å². The van der Waals surface area contributed by atoms with Gasteiger partial charge in [0.15, 0.2) is 6.20 Å². The molecule has 0 unspecified atom stereocenters. The summed E-state index contributed by atoms with van der Waals surface area (Å²) in [6.07, 6.45) is 1.97. The maximum atomic E-state index is 3.19. The highest BCUT2D eigenvalue weighted by Crippen LogP contribution is 2.11. The number of aromatic nitrogens is 1. The van der Waals surface area contributed by atoms with Crippen molar-refractivity contribution in [3.05, 3.63) is 42.1 Å². The molecule has 1 nitrogen and oxygen atoms in total. The Morgan fingerprint density at radius 2 is 1.69 bits per heavy atom. The molecule has 68 valence electrons. The van der Waals surface area contributed by atoms with Crippen LogP contribution in [0.5, 0.6) is 0 Å². The number of aryl methyl sites for hydroxylation is 1. The molecule has 0 spiro atoms. The third-order valence-corrected chi connectivity index (χ3v) is 1.92. The Labute approximate surface area is 79.4 Å². The SMILES string of the molecule is CC.Cc1cc[nH+]c2ccccc12. The second-order valence-electron chi connectivity index (χ2n) is 2.71. The minimum absolute atomic E-state index is 1.20. The van der Waals surface area contributed by atoms with Crippen LogP contribution in [0.4, 0.5) is 0 Å². The molecule has 0 amide bonds. The summed E-state index contributed by atoms with van der Waals surface area (Å²) >= 11 is 0. The predicted octanol–water partition coefficient (Wildman–Crippen LogP) is 2.99. The van der Waals surface area contributed by atoms with Gasteiger partial charge in [0, 0.05) is 17.5 Å². The monoisotopic (exact) mass is 174 g/mol. The molecule has 0 radical (unpaired) electrons. The number of para-hydroxylation sites is 1. The highest BCUT2D eigenvalue weighted by atomic mass is 14.6. The minimum Gasteiger partial charge on any atom is -0.211 e. The molecule has 1 heterocycles. The van der Waals surface area contributed by atoms with Crippen LogP contribution < -0.4 is 4.98 Å². The smallest absolute Gasteiger partial charge is 0.211 e. The Kier molecular flexibility index (Phi) is 3.44. The molecule has 0 aliphatic heterocycles. The Morgan fingerprint density at radius 1 is 1.00 bits per heavy atom. The Hall–Kier alpha value is -1.37. The summed E-state index contributed by atoms with van der Waals surface area (Å²) in [4.78, 5) is 3.19. The molecule has 0 fully saturated rings. The molecule has 0 aliphatic carbocycles. The Morgan fingerprint density at radius 3 is 2.38 bits per heavy atom. The number of H-pyrrole nitrogens is 1. The van der Waals surface area contributed by atoms with Crippen LogP contribution in [0.1, 0.15) is 19.4 Å². The van der Waals surface area contributed by atoms with E-state index >= 15 is 0 Å². The van der Waals surface area contributed by atoms with Crippen molar-refractivity contribution in [1.82, 2.24) is 0 Å². The molecule has 13 heavy (non-hydrogen) atoms. The van der Waals surface area contributed by atoms with Gasteiger partial charge < -0.3 is 0 Å². The molecule has 2 aromatic rings. The van der Waals surface area contributed by atoms with Gasteiger partial charge in [-0.25, -0.2) is 4.98 Å². The molecule has 1 aromatic heterocycles. The number of hydrogen-bond acceptors (Lipinski definition) is 0. The van der Waals surface area contributed by atoms with E-state index in [-0.39, 0.29) is 0 Å². The van der Waals surface area contributed by atoms with Gasteiger partial charge in [0.25, 0.3) is 0 Å². The molecular formula is C12H16N+. The van der Waals surface area contributed by atoms with Crippen molar-refractivity contribution in [3.63, 3.8) is 0 Å². The van der Waals surface area contributed by atoms with E-state index in [1.807, 2.05) is 26.1 Å². The lowest BCUT2D eigenvalue weighted by Gasteiger charge is -1.93. The number of rotatable bonds is 0. The van der Waals surface area contributed by atoms with Gasteiger partial charge in [-0.15, -0.1) is 0 Å². The van der Waals surface area contributed by atoms with Crippen LogP contribution in [-0.4, -0.2) is 0 Å². The van der Waals surface area contributed by atoms with Crippen LogP contribution in [-0.2, 0) is 0 Å². The Balaban J connectivity index is 0.000000396. The normalized spacial score (nSPS) is 9.15. The van der Waals surface area contributed by atoms with E-state index in [9.17, 15) is 0 Å². The van der Waals surface area contributed by atoms with E-state index in [0.717, 1.165) is 0 Å². The van der Waals surface area contributed by atoms with Crippen molar-refractivity contribution >= 4 is 10.9 Å². The molecule has 0 bridgehead atoms. The fourth-order valence-electron chi connectivity index (χ4n) is 1.30. The summed E-state index contributed by atoms with van der Waals surface area (Å²) < 4.78 is 0. The third kappa shape index (κ3) is 2.05. The second-order valence-corrected chi connectivity index (χ2v) is 2.71. The summed E-state index contributed by atoms with van der Waals surface area (Å²) in [5, 5.41) is 1.30. The van der Waals surface area contributed by atoms with Crippen LogP contribution in [0.15, 0.2) is 36.5 Å². The number of fused-ring (bicyclic) bond motifs is 1. The zero-order valence-corrected chi connectivity index (χ0v) is 8.46. The van der Waals surface area contributed by atoms with E-state index in [4.69, 9.17) is 0 Å². The highest BCUT2D eigenvalue weighted by molar-refractivity contribution is 5.78. The first-order valence-electron chi connectivity index (χ1n) is 4.74. The molecule has 0 atom stereocenters. The standard InChI is InChI=1S/C10H9N.C2H6/c1-8-6-7-11-10-5-3-2-4-9(8)10;1-2/h2-7H,1H3;1-2H3/p+1. The zero-order chi connectivity index (χ0) is 9.68. The summed E-state index contributed by atoms with van der Waals surface area (Å²) in [5.41, 5.74) is 2.52. The van der Waals surface area contributed by atoms with E-state index < -0.39 is 0 Å². The van der Waals surface area contributed by atoms with Gasteiger partial charge in [-0.1, -0.05) is 26.0 Å².